The Balaban J connectivity index is 1.45. The Kier molecular flexibility index (Phi) is 6.06. The van der Waals surface area contributed by atoms with Crippen LogP contribution in [0.15, 0.2) is 40.5 Å². The average Bonchev–Trinajstić information content (AvgIpc) is 3.13. The molecule has 3 aromatic rings. The van der Waals surface area contributed by atoms with Gasteiger partial charge in [0, 0.05) is 23.0 Å². The minimum absolute atomic E-state index is 0.115. The van der Waals surface area contributed by atoms with Gasteiger partial charge in [-0.05, 0) is 38.7 Å². The minimum Gasteiger partial charge on any atom is -0.337 e. The third-order valence-corrected chi connectivity index (χ3v) is 7.32. The maximum absolute atomic E-state index is 12.7. The summed E-state index contributed by atoms with van der Waals surface area (Å²) in [6.45, 7) is 4.26. The SMILES string of the molecule is CC1CCCC(C)N1C(=O)CSCc1nc2scc(-c3ccccc3)c2c(=O)[nH]1. The van der Waals surface area contributed by atoms with Crippen LogP contribution in [0.1, 0.15) is 38.9 Å². The van der Waals surface area contributed by atoms with Crippen molar-refractivity contribution in [3.05, 3.63) is 51.9 Å². The van der Waals surface area contributed by atoms with E-state index in [2.05, 4.69) is 23.8 Å². The van der Waals surface area contributed by atoms with E-state index in [9.17, 15) is 9.59 Å². The van der Waals surface area contributed by atoms with E-state index in [1.807, 2.05) is 40.6 Å². The van der Waals surface area contributed by atoms with Crippen molar-refractivity contribution >= 4 is 39.2 Å². The lowest BCUT2D eigenvalue weighted by molar-refractivity contribution is -0.134. The number of carbonyl (C=O) groups excluding carboxylic acids is 1. The number of H-pyrrole nitrogens is 1. The lowest BCUT2D eigenvalue weighted by atomic mass is 9.98. The Bertz CT molecular complexity index is 1050. The number of amides is 1. The number of rotatable bonds is 5. The van der Waals surface area contributed by atoms with Gasteiger partial charge in [0.25, 0.3) is 5.56 Å². The van der Waals surface area contributed by atoms with Crippen LogP contribution in [-0.4, -0.2) is 38.6 Å². The van der Waals surface area contributed by atoms with Crippen LogP contribution in [0.5, 0.6) is 0 Å². The average molecular weight is 428 g/mol. The first-order chi connectivity index (χ1) is 14.0. The summed E-state index contributed by atoms with van der Waals surface area (Å²) in [5.41, 5.74) is 1.82. The normalized spacial score (nSPS) is 19.6. The molecule has 0 bridgehead atoms. The van der Waals surface area contributed by atoms with E-state index in [4.69, 9.17) is 0 Å². The van der Waals surface area contributed by atoms with Crippen molar-refractivity contribution in [2.75, 3.05) is 5.75 Å². The second kappa shape index (κ2) is 8.71. The monoisotopic (exact) mass is 427 g/mol. The number of thiophene rings is 1. The second-order valence-electron chi connectivity index (χ2n) is 7.63. The highest BCUT2D eigenvalue weighted by Crippen LogP contribution is 2.30. The number of likely N-dealkylation sites (tertiary alicyclic amines) is 1. The number of hydrogen-bond acceptors (Lipinski definition) is 5. The van der Waals surface area contributed by atoms with Crippen LogP contribution in [0.4, 0.5) is 0 Å². The molecule has 0 spiro atoms. The summed E-state index contributed by atoms with van der Waals surface area (Å²) < 4.78 is 0. The molecule has 2 aromatic heterocycles. The molecule has 152 valence electrons. The van der Waals surface area contributed by atoms with E-state index in [1.54, 1.807) is 0 Å². The minimum atomic E-state index is -0.115. The van der Waals surface area contributed by atoms with Crippen molar-refractivity contribution in [1.82, 2.24) is 14.9 Å². The van der Waals surface area contributed by atoms with Crippen LogP contribution >= 0.6 is 23.1 Å². The third kappa shape index (κ3) is 4.26. The van der Waals surface area contributed by atoms with Gasteiger partial charge in [-0.3, -0.25) is 9.59 Å². The van der Waals surface area contributed by atoms with Crippen LogP contribution in [-0.2, 0) is 10.5 Å². The Morgan fingerprint density at radius 3 is 2.69 bits per heavy atom. The van der Waals surface area contributed by atoms with Gasteiger partial charge in [-0.15, -0.1) is 23.1 Å². The van der Waals surface area contributed by atoms with E-state index < -0.39 is 0 Å². The number of aromatic amines is 1. The number of fused-ring (bicyclic) bond motifs is 1. The molecule has 7 heteroatoms. The first-order valence-corrected chi connectivity index (χ1v) is 12.0. The largest absolute Gasteiger partial charge is 0.337 e. The number of carbonyl (C=O) groups is 1. The Morgan fingerprint density at radius 2 is 1.97 bits per heavy atom. The first-order valence-electron chi connectivity index (χ1n) is 9.99. The lowest BCUT2D eigenvalue weighted by Crippen LogP contribution is -2.48. The first kappa shape index (κ1) is 20.2. The predicted molar refractivity (Wildman–Crippen MR) is 121 cm³/mol. The summed E-state index contributed by atoms with van der Waals surface area (Å²) in [7, 11) is 0. The van der Waals surface area contributed by atoms with Gasteiger partial charge in [0.05, 0.1) is 16.9 Å². The lowest BCUT2D eigenvalue weighted by Gasteiger charge is -2.39. The van der Waals surface area contributed by atoms with Crippen molar-refractivity contribution in [2.45, 2.75) is 50.9 Å². The Hall–Kier alpha value is -2.12. The highest BCUT2D eigenvalue weighted by molar-refractivity contribution is 7.99. The zero-order chi connectivity index (χ0) is 20.4. The smallest absolute Gasteiger partial charge is 0.260 e. The molecule has 2 unspecified atom stereocenters. The molecule has 1 fully saturated rings. The summed E-state index contributed by atoms with van der Waals surface area (Å²) in [6.07, 6.45) is 3.35. The van der Waals surface area contributed by atoms with E-state index in [-0.39, 0.29) is 11.5 Å². The van der Waals surface area contributed by atoms with E-state index >= 15 is 0 Å². The molecule has 2 atom stereocenters. The van der Waals surface area contributed by atoms with Crippen molar-refractivity contribution in [3.63, 3.8) is 0 Å². The summed E-state index contributed by atoms with van der Waals surface area (Å²) in [4.78, 5) is 35.7. The molecule has 0 saturated carbocycles. The molecule has 1 aromatic carbocycles. The van der Waals surface area contributed by atoms with Gasteiger partial charge in [0.15, 0.2) is 0 Å². The van der Waals surface area contributed by atoms with Gasteiger partial charge in [-0.1, -0.05) is 30.3 Å². The number of aromatic nitrogens is 2. The molecule has 0 radical (unpaired) electrons. The number of piperidine rings is 1. The molecule has 1 aliphatic rings. The highest BCUT2D eigenvalue weighted by Gasteiger charge is 2.28. The standard InChI is InChI=1S/C22H25N3O2S2/c1-14-7-6-8-15(2)25(14)19(26)13-28-12-18-23-21(27)20-17(11-29-22(20)24-18)16-9-4-3-5-10-16/h3-5,9-11,14-15H,6-8,12-13H2,1-2H3,(H,23,24,27). The van der Waals surface area contributed by atoms with Crippen LogP contribution in [0, 0.1) is 0 Å². The zero-order valence-electron chi connectivity index (χ0n) is 16.7. The molecule has 1 saturated heterocycles. The molecule has 1 amide bonds. The highest BCUT2D eigenvalue weighted by atomic mass is 32.2. The summed E-state index contributed by atoms with van der Waals surface area (Å²) >= 11 is 3.00. The second-order valence-corrected chi connectivity index (χ2v) is 9.47. The Labute approximate surface area is 178 Å². The van der Waals surface area contributed by atoms with Crippen LogP contribution in [0.3, 0.4) is 0 Å². The van der Waals surface area contributed by atoms with Gasteiger partial charge >= 0.3 is 0 Å². The number of hydrogen-bond donors (Lipinski definition) is 1. The van der Waals surface area contributed by atoms with E-state index in [1.165, 1.54) is 29.5 Å². The molecular weight excluding hydrogens is 402 g/mol. The number of benzene rings is 1. The van der Waals surface area contributed by atoms with Crippen LogP contribution < -0.4 is 5.56 Å². The van der Waals surface area contributed by atoms with Gasteiger partial charge in [0.2, 0.25) is 5.91 Å². The quantitative estimate of drug-likeness (QED) is 0.642. The molecule has 1 N–H and O–H groups in total. The molecule has 5 nitrogen and oxygen atoms in total. The molecule has 29 heavy (non-hydrogen) atoms. The van der Waals surface area contributed by atoms with E-state index in [0.29, 0.717) is 34.8 Å². The number of nitrogens with one attached hydrogen (secondary N) is 1. The van der Waals surface area contributed by atoms with Gasteiger partial charge in [0.1, 0.15) is 10.7 Å². The predicted octanol–water partition coefficient (Wildman–Crippen LogP) is 4.67. The number of nitrogens with zero attached hydrogens (tertiary/aromatic N) is 2. The summed E-state index contributed by atoms with van der Waals surface area (Å²) in [6, 6.07) is 10.5. The molecule has 3 heterocycles. The summed E-state index contributed by atoms with van der Waals surface area (Å²) in [5, 5.41) is 2.63. The number of thioether (sulfide) groups is 1. The van der Waals surface area contributed by atoms with Crippen molar-refractivity contribution in [1.29, 1.82) is 0 Å². The van der Waals surface area contributed by atoms with Crippen molar-refractivity contribution in [2.24, 2.45) is 0 Å². The fraction of sp³-hybridized carbons (Fsp3) is 0.409. The van der Waals surface area contributed by atoms with Gasteiger partial charge < -0.3 is 9.88 Å². The molecule has 1 aliphatic heterocycles. The maximum Gasteiger partial charge on any atom is 0.260 e. The van der Waals surface area contributed by atoms with Gasteiger partial charge in [-0.2, -0.15) is 0 Å². The fourth-order valence-corrected chi connectivity index (χ4v) is 5.84. The third-order valence-electron chi connectivity index (χ3n) is 5.52. The van der Waals surface area contributed by atoms with Crippen molar-refractivity contribution in [3.8, 4) is 11.1 Å². The van der Waals surface area contributed by atoms with Crippen LogP contribution in [0.25, 0.3) is 21.3 Å². The molecule has 0 aliphatic carbocycles. The summed E-state index contributed by atoms with van der Waals surface area (Å²) in [5.74, 6) is 1.74. The molecular formula is C22H25N3O2S2. The fourth-order valence-electron chi connectivity index (χ4n) is 4.11. The van der Waals surface area contributed by atoms with E-state index in [0.717, 1.165) is 28.8 Å². The maximum atomic E-state index is 12.7. The van der Waals surface area contributed by atoms with Crippen LogP contribution in [0.2, 0.25) is 0 Å². The topological polar surface area (TPSA) is 66.1 Å². The zero-order valence-corrected chi connectivity index (χ0v) is 18.3. The van der Waals surface area contributed by atoms with Gasteiger partial charge in [-0.25, -0.2) is 4.98 Å². The molecule has 4 rings (SSSR count). The van der Waals surface area contributed by atoms with Crippen molar-refractivity contribution < 1.29 is 4.79 Å². The Morgan fingerprint density at radius 1 is 1.24 bits per heavy atom.